The quantitative estimate of drug-likeness (QED) is 0.820. The predicted octanol–water partition coefficient (Wildman–Crippen LogP) is 3.11. The van der Waals surface area contributed by atoms with Crippen LogP contribution in [0.25, 0.3) is 0 Å². The highest BCUT2D eigenvalue weighted by atomic mass is 79.9. The Balaban J connectivity index is 1.89. The molecule has 1 atom stereocenters. The summed E-state index contributed by atoms with van der Waals surface area (Å²) in [4.78, 5) is 1.29. The second-order valence-electron chi connectivity index (χ2n) is 4.48. The minimum Gasteiger partial charge on any atom is -0.316 e. The molecule has 0 aliphatic rings. The van der Waals surface area contributed by atoms with Gasteiger partial charge in [-0.15, -0.1) is 11.8 Å². The number of nitrogens with one attached hydrogen (secondary N) is 1. The van der Waals surface area contributed by atoms with E-state index in [2.05, 4.69) is 56.8 Å². The highest BCUT2D eigenvalue weighted by Crippen LogP contribution is 2.23. The zero-order valence-electron chi connectivity index (χ0n) is 11.1. The lowest BCUT2D eigenvalue weighted by molar-refractivity contribution is 0.616. The first-order chi connectivity index (χ1) is 9.17. The Labute approximate surface area is 126 Å². The molecule has 1 unspecified atom stereocenters. The van der Waals surface area contributed by atoms with Crippen LogP contribution in [0.3, 0.4) is 0 Å². The van der Waals surface area contributed by atoms with Gasteiger partial charge in [0, 0.05) is 34.4 Å². The van der Waals surface area contributed by atoms with Crippen LogP contribution in [0, 0.1) is 0 Å². The van der Waals surface area contributed by atoms with Crippen molar-refractivity contribution in [1.82, 2.24) is 15.1 Å². The molecule has 0 spiro atoms. The molecule has 3 nitrogen and oxygen atoms in total. The summed E-state index contributed by atoms with van der Waals surface area (Å²) in [5.74, 6) is 1.04. The van der Waals surface area contributed by atoms with E-state index in [9.17, 15) is 0 Å². The third-order valence-electron chi connectivity index (χ3n) is 2.90. The molecule has 1 aromatic carbocycles. The molecular weight excluding hydrogens is 322 g/mol. The molecule has 0 radical (unpaired) electrons. The number of aromatic nitrogens is 2. The molecule has 0 bridgehead atoms. The topological polar surface area (TPSA) is 29.9 Å². The van der Waals surface area contributed by atoms with Crippen molar-refractivity contribution >= 4 is 27.7 Å². The number of hydrogen-bond donors (Lipinski definition) is 1. The Morgan fingerprint density at radius 3 is 2.95 bits per heavy atom. The van der Waals surface area contributed by atoms with Gasteiger partial charge in [0.2, 0.25) is 0 Å². The summed E-state index contributed by atoms with van der Waals surface area (Å²) in [6, 6.07) is 8.87. The lowest BCUT2D eigenvalue weighted by atomic mass is 10.1. The lowest BCUT2D eigenvalue weighted by Gasteiger charge is -2.14. The van der Waals surface area contributed by atoms with Crippen LogP contribution in [0.15, 0.2) is 46.0 Å². The fraction of sp³-hybridized carbons (Fsp3) is 0.357. The number of halogens is 1. The Bertz CT molecular complexity index is 527. The van der Waals surface area contributed by atoms with Crippen molar-refractivity contribution in [1.29, 1.82) is 0 Å². The number of rotatable bonds is 6. The molecule has 1 heterocycles. The molecular formula is C14H18BrN3S. The highest BCUT2D eigenvalue weighted by Gasteiger charge is 2.09. The fourth-order valence-corrected chi connectivity index (χ4v) is 3.47. The minimum atomic E-state index is 0.452. The normalized spacial score (nSPS) is 12.6. The Kier molecular flexibility index (Phi) is 5.48. The van der Waals surface area contributed by atoms with Gasteiger partial charge in [-0.25, -0.2) is 0 Å². The monoisotopic (exact) mass is 339 g/mol. The molecule has 0 saturated heterocycles. The van der Waals surface area contributed by atoms with Crippen molar-refractivity contribution in [2.45, 2.75) is 17.4 Å². The van der Waals surface area contributed by atoms with E-state index < -0.39 is 0 Å². The second kappa shape index (κ2) is 7.12. The molecule has 5 heteroatoms. The molecule has 1 N–H and O–H groups in total. The summed E-state index contributed by atoms with van der Waals surface area (Å²) in [5, 5.41) is 7.58. The molecule has 102 valence electrons. The number of nitrogens with zero attached hydrogens (tertiary/aromatic N) is 2. The van der Waals surface area contributed by atoms with E-state index in [1.165, 1.54) is 10.5 Å². The summed E-state index contributed by atoms with van der Waals surface area (Å²) in [7, 11) is 3.97. The molecule has 2 aromatic rings. The van der Waals surface area contributed by atoms with E-state index in [0.29, 0.717) is 6.04 Å². The largest absolute Gasteiger partial charge is 0.316 e. The summed E-state index contributed by atoms with van der Waals surface area (Å²) in [6.07, 6.45) is 5.02. The molecule has 0 amide bonds. The van der Waals surface area contributed by atoms with Gasteiger partial charge in [-0.05, 0) is 37.2 Å². The van der Waals surface area contributed by atoms with Gasteiger partial charge in [0.05, 0.1) is 6.20 Å². The summed E-state index contributed by atoms with van der Waals surface area (Å²) >= 11 is 5.38. The van der Waals surface area contributed by atoms with E-state index in [-0.39, 0.29) is 0 Å². The van der Waals surface area contributed by atoms with Crippen LogP contribution in [0.5, 0.6) is 0 Å². The Morgan fingerprint density at radius 2 is 2.32 bits per heavy atom. The standard InChI is InChI=1S/C14H18BrN3S/c1-16-13(6-11-8-17-18(2)9-11)10-19-14-5-3-4-12(15)7-14/h3-5,7-9,13,16H,6,10H2,1-2H3. The first-order valence-corrected chi connectivity index (χ1v) is 7.98. The Morgan fingerprint density at radius 1 is 1.47 bits per heavy atom. The van der Waals surface area contributed by atoms with Gasteiger partial charge in [-0.2, -0.15) is 5.10 Å². The van der Waals surface area contributed by atoms with Crippen LogP contribution in [0.2, 0.25) is 0 Å². The maximum atomic E-state index is 4.21. The number of likely N-dealkylation sites (N-methyl/N-ethyl adjacent to an activating group) is 1. The molecule has 2 rings (SSSR count). The van der Waals surface area contributed by atoms with Gasteiger partial charge in [0.25, 0.3) is 0 Å². The number of hydrogen-bond acceptors (Lipinski definition) is 3. The van der Waals surface area contributed by atoms with E-state index in [4.69, 9.17) is 0 Å². The number of aryl methyl sites for hydroxylation is 1. The molecule has 0 aliphatic carbocycles. The molecule has 1 aromatic heterocycles. The van der Waals surface area contributed by atoms with Gasteiger partial charge in [0.1, 0.15) is 0 Å². The van der Waals surface area contributed by atoms with Gasteiger partial charge in [-0.1, -0.05) is 22.0 Å². The van der Waals surface area contributed by atoms with Crippen molar-refractivity contribution in [2.75, 3.05) is 12.8 Å². The average molecular weight is 340 g/mol. The highest BCUT2D eigenvalue weighted by molar-refractivity contribution is 9.10. The molecule has 19 heavy (non-hydrogen) atoms. The smallest absolute Gasteiger partial charge is 0.0522 e. The van der Waals surface area contributed by atoms with Crippen molar-refractivity contribution < 1.29 is 0 Å². The summed E-state index contributed by atoms with van der Waals surface area (Å²) < 4.78 is 2.98. The first-order valence-electron chi connectivity index (χ1n) is 6.20. The average Bonchev–Trinajstić information content (AvgIpc) is 2.80. The third kappa shape index (κ3) is 4.67. The van der Waals surface area contributed by atoms with Crippen LogP contribution in [-0.2, 0) is 13.5 Å². The number of thioether (sulfide) groups is 1. The van der Waals surface area contributed by atoms with E-state index in [1.54, 1.807) is 0 Å². The van der Waals surface area contributed by atoms with Crippen molar-refractivity contribution in [2.24, 2.45) is 7.05 Å². The lowest BCUT2D eigenvalue weighted by Crippen LogP contribution is -2.29. The number of benzene rings is 1. The maximum absolute atomic E-state index is 4.21. The SMILES string of the molecule is CNC(CSc1cccc(Br)c1)Cc1cnn(C)c1. The zero-order chi connectivity index (χ0) is 13.7. The van der Waals surface area contributed by atoms with Crippen LogP contribution < -0.4 is 5.32 Å². The second-order valence-corrected chi connectivity index (χ2v) is 6.49. The van der Waals surface area contributed by atoms with E-state index in [1.807, 2.05) is 36.7 Å². The zero-order valence-corrected chi connectivity index (χ0v) is 13.5. The summed E-state index contributed by atoms with van der Waals surface area (Å²) in [5.41, 5.74) is 1.27. The predicted molar refractivity (Wildman–Crippen MR) is 84.6 cm³/mol. The van der Waals surface area contributed by atoms with Crippen LogP contribution in [-0.4, -0.2) is 28.6 Å². The first kappa shape index (κ1) is 14.6. The maximum Gasteiger partial charge on any atom is 0.0522 e. The van der Waals surface area contributed by atoms with Crippen molar-refractivity contribution in [3.05, 3.63) is 46.7 Å². The molecule has 0 saturated carbocycles. The van der Waals surface area contributed by atoms with Gasteiger partial charge in [-0.3, -0.25) is 4.68 Å². The van der Waals surface area contributed by atoms with Crippen molar-refractivity contribution in [3.63, 3.8) is 0 Å². The van der Waals surface area contributed by atoms with E-state index in [0.717, 1.165) is 16.6 Å². The molecule has 0 aliphatic heterocycles. The summed E-state index contributed by atoms with van der Waals surface area (Å²) in [6.45, 7) is 0. The van der Waals surface area contributed by atoms with Crippen molar-refractivity contribution in [3.8, 4) is 0 Å². The molecule has 0 fully saturated rings. The van der Waals surface area contributed by atoms with Gasteiger partial charge >= 0.3 is 0 Å². The minimum absolute atomic E-state index is 0.452. The van der Waals surface area contributed by atoms with Crippen LogP contribution in [0.4, 0.5) is 0 Å². The van der Waals surface area contributed by atoms with Crippen LogP contribution >= 0.6 is 27.7 Å². The van der Waals surface area contributed by atoms with E-state index >= 15 is 0 Å². The van der Waals surface area contributed by atoms with Gasteiger partial charge < -0.3 is 5.32 Å². The van der Waals surface area contributed by atoms with Crippen LogP contribution in [0.1, 0.15) is 5.56 Å². The van der Waals surface area contributed by atoms with Gasteiger partial charge in [0.15, 0.2) is 0 Å². The Hall–Kier alpha value is -0.780. The fourth-order valence-electron chi connectivity index (χ4n) is 1.86. The third-order valence-corrected chi connectivity index (χ3v) is 4.55.